The number of anilines is 1. The summed E-state index contributed by atoms with van der Waals surface area (Å²) < 4.78 is 17.7. The summed E-state index contributed by atoms with van der Waals surface area (Å²) in [6, 6.07) is 16.3. The monoisotopic (exact) mass is 511 g/mol. The smallest absolute Gasteiger partial charge is 0.336 e. The fourth-order valence-electron chi connectivity index (χ4n) is 4.96. The molecule has 0 unspecified atom stereocenters. The van der Waals surface area contributed by atoms with E-state index in [1.807, 2.05) is 62.1 Å². The second kappa shape index (κ2) is 10.2. The van der Waals surface area contributed by atoms with Crippen molar-refractivity contribution in [1.82, 2.24) is 0 Å². The Morgan fingerprint density at radius 3 is 2.39 bits per heavy atom. The lowest BCUT2D eigenvalue weighted by molar-refractivity contribution is -0.134. The number of rotatable bonds is 7. The van der Waals surface area contributed by atoms with Gasteiger partial charge in [0.15, 0.2) is 5.43 Å². The predicted molar refractivity (Wildman–Crippen MR) is 150 cm³/mol. The number of esters is 1. The molecule has 0 atom stereocenters. The molecule has 38 heavy (non-hydrogen) atoms. The molecule has 0 radical (unpaired) electrons. The fraction of sp³-hybridized carbons (Fsp3) is 0.258. The molecule has 0 amide bonds. The lowest BCUT2D eigenvalue weighted by Crippen LogP contribution is -2.26. The zero-order chi connectivity index (χ0) is 27.0. The highest BCUT2D eigenvalue weighted by Crippen LogP contribution is 2.35. The van der Waals surface area contributed by atoms with Crippen molar-refractivity contribution in [2.75, 3.05) is 18.0 Å². The van der Waals surface area contributed by atoms with Gasteiger partial charge in [-0.2, -0.15) is 0 Å². The molecule has 3 aromatic carbocycles. The van der Waals surface area contributed by atoms with E-state index < -0.39 is 11.6 Å². The average molecular weight is 512 g/mol. The summed E-state index contributed by atoms with van der Waals surface area (Å²) in [5.74, 6) is 0.268. The third kappa shape index (κ3) is 4.34. The number of ether oxygens (including phenoxy) is 1. The number of fused-ring (bicyclic) bond motifs is 4. The number of nitrogens with zero attached hydrogens (tertiary/aromatic N) is 1. The van der Waals surface area contributed by atoms with Gasteiger partial charge in [0.2, 0.25) is 5.88 Å². The molecule has 194 valence electrons. The summed E-state index contributed by atoms with van der Waals surface area (Å²) in [6.45, 7) is 8.74. The largest absolute Gasteiger partial charge is 0.440 e. The van der Waals surface area contributed by atoms with Gasteiger partial charge in [0.05, 0.1) is 10.9 Å². The van der Waals surface area contributed by atoms with Gasteiger partial charge >= 0.3 is 11.6 Å². The summed E-state index contributed by atoms with van der Waals surface area (Å²) in [4.78, 5) is 41.0. The Balaban J connectivity index is 1.86. The van der Waals surface area contributed by atoms with Crippen LogP contribution in [0.4, 0.5) is 5.88 Å². The molecule has 7 heteroatoms. The lowest BCUT2D eigenvalue weighted by atomic mass is 9.97. The Labute approximate surface area is 219 Å². The third-order valence-electron chi connectivity index (χ3n) is 6.95. The van der Waals surface area contributed by atoms with E-state index in [-0.39, 0.29) is 24.0 Å². The highest BCUT2D eigenvalue weighted by molar-refractivity contribution is 6.06. The molecular formula is C31H29NO6. The van der Waals surface area contributed by atoms with Crippen LogP contribution in [0.3, 0.4) is 0 Å². The summed E-state index contributed by atoms with van der Waals surface area (Å²) in [7, 11) is 0. The molecule has 0 bridgehead atoms. The first-order valence-electron chi connectivity index (χ1n) is 12.9. The topological polar surface area (TPSA) is 90.0 Å². The van der Waals surface area contributed by atoms with Gasteiger partial charge in [0.1, 0.15) is 16.9 Å². The molecule has 0 aliphatic carbocycles. The molecule has 7 nitrogen and oxygen atoms in total. The van der Waals surface area contributed by atoms with Gasteiger partial charge in [-0.25, -0.2) is 4.79 Å². The molecule has 0 N–H and O–H groups in total. The Kier molecular flexibility index (Phi) is 6.76. The van der Waals surface area contributed by atoms with Crippen LogP contribution >= 0.6 is 0 Å². The highest BCUT2D eigenvalue weighted by atomic mass is 16.5. The Bertz CT molecular complexity index is 1810. The van der Waals surface area contributed by atoms with E-state index in [1.165, 1.54) is 6.07 Å². The molecule has 0 fully saturated rings. The SMILES string of the molecule is CCC(=O)Oc1ccc2c(C)cc(=O)oc2c1Cc1c(N(CC)CC)oc2ccc3ccccc3c2c1=O. The minimum atomic E-state index is -0.518. The third-order valence-corrected chi connectivity index (χ3v) is 6.95. The zero-order valence-corrected chi connectivity index (χ0v) is 21.9. The maximum atomic E-state index is 14.3. The predicted octanol–water partition coefficient (Wildman–Crippen LogP) is 6.11. The van der Waals surface area contributed by atoms with E-state index >= 15 is 0 Å². The van der Waals surface area contributed by atoms with Crippen molar-refractivity contribution in [3.63, 3.8) is 0 Å². The summed E-state index contributed by atoms with van der Waals surface area (Å²) in [5, 5.41) is 2.91. The molecule has 5 aromatic rings. The number of carbonyl (C=O) groups excluding carboxylic acids is 1. The number of carbonyl (C=O) groups is 1. The number of hydrogen-bond acceptors (Lipinski definition) is 7. The van der Waals surface area contributed by atoms with Gasteiger partial charge in [-0.3, -0.25) is 9.59 Å². The van der Waals surface area contributed by atoms with Gasteiger partial charge in [-0.05, 0) is 55.3 Å². The molecule has 2 aromatic heterocycles. The van der Waals surface area contributed by atoms with Crippen LogP contribution in [0.1, 0.15) is 43.9 Å². The van der Waals surface area contributed by atoms with Crippen LogP contribution in [0.25, 0.3) is 32.7 Å². The van der Waals surface area contributed by atoms with Crippen LogP contribution in [0.2, 0.25) is 0 Å². The van der Waals surface area contributed by atoms with E-state index in [0.29, 0.717) is 52.0 Å². The number of benzene rings is 3. The van der Waals surface area contributed by atoms with E-state index in [0.717, 1.165) is 16.3 Å². The zero-order valence-electron chi connectivity index (χ0n) is 21.9. The number of aryl methyl sites for hydroxylation is 1. The standard InChI is InChI=1S/C31H29NO6/c1-5-26(33)36-24-15-13-20-18(4)16-27(34)38-30(20)22(24)17-23-29(35)28-21-11-9-8-10-19(21)12-14-25(28)37-31(23)32(6-2)7-3/h8-16H,5-7,17H2,1-4H3. The van der Waals surface area contributed by atoms with E-state index in [1.54, 1.807) is 19.1 Å². The molecule has 0 saturated carbocycles. The Morgan fingerprint density at radius 2 is 1.66 bits per heavy atom. The van der Waals surface area contributed by atoms with Gasteiger partial charge in [-0.1, -0.05) is 37.3 Å². The van der Waals surface area contributed by atoms with Crippen LogP contribution < -0.4 is 20.7 Å². The van der Waals surface area contributed by atoms with Crippen LogP contribution in [0.15, 0.2) is 73.0 Å². The van der Waals surface area contributed by atoms with Crippen molar-refractivity contribution in [3.8, 4) is 5.75 Å². The van der Waals surface area contributed by atoms with Crippen LogP contribution in [0.5, 0.6) is 5.75 Å². The van der Waals surface area contributed by atoms with Crippen LogP contribution in [-0.2, 0) is 11.2 Å². The summed E-state index contributed by atoms with van der Waals surface area (Å²) >= 11 is 0. The lowest BCUT2D eigenvalue weighted by Gasteiger charge is -2.23. The summed E-state index contributed by atoms with van der Waals surface area (Å²) in [5.41, 5.74) is 1.68. The second-order valence-corrected chi connectivity index (χ2v) is 9.22. The average Bonchev–Trinajstić information content (AvgIpc) is 2.91. The maximum absolute atomic E-state index is 14.3. The molecule has 0 spiro atoms. The molecule has 0 saturated heterocycles. The first-order valence-corrected chi connectivity index (χ1v) is 12.9. The van der Waals surface area contributed by atoms with Gasteiger partial charge in [0, 0.05) is 42.9 Å². The van der Waals surface area contributed by atoms with Crippen molar-refractivity contribution in [2.45, 2.75) is 40.5 Å². The van der Waals surface area contributed by atoms with Crippen LogP contribution in [0, 0.1) is 6.92 Å². The minimum Gasteiger partial charge on any atom is -0.440 e. The van der Waals surface area contributed by atoms with Crippen molar-refractivity contribution < 1.29 is 18.4 Å². The highest BCUT2D eigenvalue weighted by Gasteiger charge is 2.24. The van der Waals surface area contributed by atoms with Crippen molar-refractivity contribution >= 4 is 44.6 Å². The first kappa shape index (κ1) is 25.3. The Morgan fingerprint density at radius 1 is 0.895 bits per heavy atom. The van der Waals surface area contributed by atoms with Crippen molar-refractivity contribution in [3.05, 3.63) is 91.9 Å². The first-order chi connectivity index (χ1) is 18.4. The molecule has 0 aliphatic heterocycles. The normalized spacial score (nSPS) is 11.4. The summed E-state index contributed by atoms with van der Waals surface area (Å²) in [6.07, 6.45) is 0.216. The maximum Gasteiger partial charge on any atom is 0.336 e. The van der Waals surface area contributed by atoms with Crippen molar-refractivity contribution in [1.29, 1.82) is 0 Å². The molecule has 2 heterocycles. The number of hydrogen-bond donors (Lipinski definition) is 0. The van der Waals surface area contributed by atoms with E-state index in [4.69, 9.17) is 13.6 Å². The molecule has 5 rings (SSSR count). The van der Waals surface area contributed by atoms with Crippen LogP contribution in [-0.4, -0.2) is 19.1 Å². The van der Waals surface area contributed by atoms with Gasteiger partial charge < -0.3 is 18.5 Å². The molecular weight excluding hydrogens is 482 g/mol. The van der Waals surface area contributed by atoms with Crippen molar-refractivity contribution in [2.24, 2.45) is 0 Å². The molecule has 0 aliphatic rings. The fourth-order valence-corrected chi connectivity index (χ4v) is 4.96. The van der Waals surface area contributed by atoms with E-state index in [9.17, 15) is 14.4 Å². The Hall–Kier alpha value is -4.39. The van der Waals surface area contributed by atoms with Gasteiger partial charge in [0.25, 0.3) is 0 Å². The second-order valence-electron chi connectivity index (χ2n) is 9.22. The van der Waals surface area contributed by atoms with E-state index in [2.05, 4.69) is 0 Å². The van der Waals surface area contributed by atoms with Gasteiger partial charge in [-0.15, -0.1) is 0 Å². The minimum absolute atomic E-state index is 0.0450. The quantitative estimate of drug-likeness (QED) is 0.113.